The van der Waals surface area contributed by atoms with Crippen molar-refractivity contribution in [1.29, 1.82) is 0 Å². The van der Waals surface area contributed by atoms with Gasteiger partial charge in [0.05, 0.1) is 0 Å². The Balaban J connectivity index is 0.0000000706. The number of hydrogen-bond acceptors (Lipinski definition) is 0. The maximum absolute atomic E-state index is 2.65. The molecule has 0 N–H and O–H groups in total. The van der Waals surface area contributed by atoms with Crippen molar-refractivity contribution in [1.82, 2.24) is 0 Å². The van der Waals surface area contributed by atoms with Crippen LogP contribution in [-0.4, -0.2) is 0 Å². The predicted molar refractivity (Wildman–Crippen MR) is 349 cm³/mol. The zero-order chi connectivity index (χ0) is 55.5. The fourth-order valence-electron chi connectivity index (χ4n) is 35.4. The van der Waals surface area contributed by atoms with Crippen molar-refractivity contribution < 1.29 is 0 Å². The van der Waals surface area contributed by atoms with E-state index in [4.69, 9.17) is 0 Å². The van der Waals surface area contributed by atoms with Crippen LogP contribution >= 0.6 is 0 Å². The summed E-state index contributed by atoms with van der Waals surface area (Å²) < 4.78 is 0. The van der Waals surface area contributed by atoms with E-state index in [2.05, 4.69) is 122 Å². The molecule has 0 aliphatic heterocycles. The summed E-state index contributed by atoms with van der Waals surface area (Å²) in [6.07, 6.45) is 83.6. The molecule has 456 valence electrons. The molecule has 0 aromatic carbocycles. The van der Waals surface area contributed by atoms with Crippen LogP contribution in [0.15, 0.2) is 122 Å². The largest absolute Gasteiger partial charge is 0.0851 e. The molecule has 0 radical (unpaired) electrons. The van der Waals surface area contributed by atoms with E-state index in [1.165, 1.54) is 118 Å². The van der Waals surface area contributed by atoms with Crippen LogP contribution in [0, 0.1) is 272 Å². The van der Waals surface area contributed by atoms with Crippen LogP contribution in [0.4, 0.5) is 0 Å². The van der Waals surface area contributed by atoms with E-state index in [-0.39, 0.29) is 0 Å². The third kappa shape index (κ3) is 6.78. The summed E-state index contributed by atoms with van der Waals surface area (Å²) in [5, 5.41) is 0. The van der Waals surface area contributed by atoms with Gasteiger partial charge < -0.3 is 0 Å². The Morgan fingerprint density at radius 3 is 0.621 bits per heavy atom. The van der Waals surface area contributed by atoms with Crippen LogP contribution in [0.5, 0.6) is 0 Å². The minimum absolute atomic E-state index is 0.967. The summed E-state index contributed by atoms with van der Waals surface area (Å²) in [4.78, 5) is 0. The van der Waals surface area contributed by atoms with Gasteiger partial charge >= 0.3 is 0 Å². The maximum atomic E-state index is 2.65. The molecule has 0 heterocycles. The monoisotopic (exact) mass is 1150 g/mol. The molecular formula is C87H108. The Morgan fingerprint density at radius 2 is 0.368 bits per heavy atom. The molecule has 24 bridgehead atoms. The Kier molecular flexibility index (Phi) is 10.6. The average molecular weight is 1150 g/mol. The Hall–Kier alpha value is -2.60. The van der Waals surface area contributed by atoms with Gasteiger partial charge in [-0.05, 0) is 407 Å². The van der Waals surface area contributed by atoms with E-state index >= 15 is 0 Å². The molecule has 87 heavy (non-hydrogen) atoms. The molecule has 28 aliphatic carbocycles. The van der Waals surface area contributed by atoms with Crippen molar-refractivity contribution >= 4 is 0 Å². The maximum Gasteiger partial charge on any atom is -0.0193 e. The summed E-state index contributed by atoms with van der Waals surface area (Å²) >= 11 is 0. The Labute approximate surface area is 525 Å². The molecule has 0 amide bonds. The van der Waals surface area contributed by atoms with Crippen LogP contribution in [0.25, 0.3) is 0 Å². The standard InChI is InChI=1S/C24H28.C18H24.C16H20.C15H20.C14H16/c1-2-10-5-9(1)17-13-7-14(18(10)17)22-21(13)23-15-8-16(24(22)23)20-12-4-3-11(6-12)19(15)20;1-2-12-9-11(1)15-5-6-17-13-3-4-14(10-13)18(17)8-7-16(12)15;1-2-10-5-9(1)13-7-15-11-3-4-12(6-11)16(15)8-14(10)13;1-3-12-5-10(1)7-14(12)9-15-8-11-2-4-13(15)6-11;1-2-8-5-7(1)11-12(8)14-10-4-3-9(6-10)13(11)14/h1-4,9-24H,5-8H2;1-4,11-18H,5-10H2;1-4,9-16H,5-8H2;1-4,10-15H,5-9H2;1-4,7-14H,5-6H2. The van der Waals surface area contributed by atoms with E-state index in [1.807, 2.05) is 0 Å². The van der Waals surface area contributed by atoms with Crippen LogP contribution < -0.4 is 0 Å². The second-order valence-corrected chi connectivity index (χ2v) is 38.9. The van der Waals surface area contributed by atoms with Crippen LogP contribution in [0.3, 0.4) is 0 Å². The molecule has 0 aromatic heterocycles. The zero-order valence-corrected chi connectivity index (χ0v) is 53.0. The van der Waals surface area contributed by atoms with Crippen LogP contribution in [0.1, 0.15) is 135 Å². The molecule has 28 rings (SSSR count). The number of fused-ring (bicyclic) bond motifs is 62. The van der Waals surface area contributed by atoms with Crippen molar-refractivity contribution in [2.24, 2.45) is 272 Å². The van der Waals surface area contributed by atoms with Gasteiger partial charge in [0, 0.05) is 0 Å². The van der Waals surface area contributed by atoms with Gasteiger partial charge in [0.2, 0.25) is 0 Å². The normalized spacial score (nSPS) is 66.4. The molecule has 18 saturated carbocycles. The third-order valence-corrected chi connectivity index (χ3v) is 37.4. The van der Waals surface area contributed by atoms with E-state index in [1.54, 1.807) is 64.2 Å². The first-order chi connectivity index (χ1) is 43.0. The Morgan fingerprint density at radius 1 is 0.149 bits per heavy atom. The van der Waals surface area contributed by atoms with Gasteiger partial charge in [-0.2, -0.15) is 0 Å². The van der Waals surface area contributed by atoms with E-state index < -0.39 is 0 Å². The molecule has 30 atom stereocenters. The van der Waals surface area contributed by atoms with Crippen molar-refractivity contribution in [3.63, 3.8) is 0 Å². The topological polar surface area (TPSA) is 0 Å². The number of allylic oxidation sites excluding steroid dienone is 20. The highest BCUT2D eigenvalue weighted by Crippen LogP contribution is 2.84. The molecule has 18 fully saturated rings. The Bertz CT molecular complexity index is 2800. The first kappa shape index (κ1) is 50.9. The fraction of sp³-hybridized carbons (Fsp3) is 0.770. The van der Waals surface area contributed by atoms with Gasteiger partial charge in [-0.1, -0.05) is 122 Å². The van der Waals surface area contributed by atoms with E-state index in [9.17, 15) is 0 Å². The third-order valence-electron chi connectivity index (χ3n) is 37.4. The SMILES string of the molecule is C1=CC2CC1C1C2C2C3C=CC(C3)C12.C1=CC2CC1C1C3CC(C21)C1C3C2C3CC(C4C5C=CC(C5)C34)C12.C1=CC2CC1C1CC3C4C=CC(C4)C3CC21.C1=CC2CC1C1CCC3C4C=CC(C4)C3CCC21.C1=CC2CC1CC2CC1CC2C=CC1C2. The lowest BCUT2D eigenvalue weighted by Crippen LogP contribution is -2.59. The van der Waals surface area contributed by atoms with Crippen molar-refractivity contribution in [3.8, 4) is 0 Å². The summed E-state index contributed by atoms with van der Waals surface area (Å²) in [5.41, 5.74) is 0. The van der Waals surface area contributed by atoms with Crippen LogP contribution in [-0.2, 0) is 0 Å². The highest BCUT2D eigenvalue weighted by molar-refractivity contribution is 5.33. The predicted octanol–water partition coefficient (Wildman–Crippen LogP) is 19.4. The van der Waals surface area contributed by atoms with Gasteiger partial charge in [-0.25, -0.2) is 0 Å². The average Bonchev–Trinajstić information content (AvgIpc) is 1.49. The summed E-state index contributed by atoms with van der Waals surface area (Å²) in [7, 11) is 0. The minimum atomic E-state index is 0.967. The lowest BCUT2D eigenvalue weighted by Gasteiger charge is -2.62. The summed E-state index contributed by atoms with van der Waals surface area (Å²) in [5.74, 6) is 49.2. The first-order valence-electron chi connectivity index (χ1n) is 39.8. The minimum Gasteiger partial charge on any atom is -0.0851 e. The van der Waals surface area contributed by atoms with E-state index in [0.717, 1.165) is 225 Å². The lowest BCUT2D eigenvalue weighted by atomic mass is 9.42. The number of rotatable bonds is 2. The number of hydrogen-bond donors (Lipinski definition) is 0. The zero-order valence-electron chi connectivity index (χ0n) is 53.0. The molecule has 0 aromatic rings. The second kappa shape index (κ2) is 18.2. The van der Waals surface area contributed by atoms with Gasteiger partial charge in [-0.15, -0.1) is 0 Å². The first-order valence-corrected chi connectivity index (χ1v) is 39.8. The summed E-state index contributed by atoms with van der Waals surface area (Å²) in [6, 6.07) is 0. The second-order valence-electron chi connectivity index (χ2n) is 38.9. The molecule has 0 spiro atoms. The molecule has 28 aliphatic rings. The van der Waals surface area contributed by atoms with Gasteiger partial charge in [0.1, 0.15) is 0 Å². The lowest BCUT2D eigenvalue weighted by molar-refractivity contribution is -0.151. The smallest absolute Gasteiger partial charge is 0.0193 e. The van der Waals surface area contributed by atoms with Crippen LogP contribution in [0.2, 0.25) is 0 Å². The van der Waals surface area contributed by atoms with Crippen molar-refractivity contribution in [2.75, 3.05) is 0 Å². The van der Waals surface area contributed by atoms with Gasteiger partial charge in [0.15, 0.2) is 0 Å². The van der Waals surface area contributed by atoms with E-state index in [0.29, 0.717) is 0 Å². The molecule has 0 saturated heterocycles. The molecule has 0 nitrogen and oxygen atoms in total. The van der Waals surface area contributed by atoms with Gasteiger partial charge in [-0.3, -0.25) is 0 Å². The quantitative estimate of drug-likeness (QED) is 0.191. The summed E-state index contributed by atoms with van der Waals surface area (Å²) in [6.45, 7) is 0. The fourth-order valence-corrected chi connectivity index (χ4v) is 35.4. The molecule has 30 unspecified atom stereocenters. The van der Waals surface area contributed by atoms with Crippen molar-refractivity contribution in [3.05, 3.63) is 122 Å². The highest BCUT2D eigenvalue weighted by atomic mass is 14.8. The van der Waals surface area contributed by atoms with Crippen molar-refractivity contribution in [2.45, 2.75) is 135 Å². The molecule has 0 heteroatoms. The van der Waals surface area contributed by atoms with Gasteiger partial charge in [0.25, 0.3) is 0 Å². The molecular weight excluding hydrogens is 1040 g/mol. The highest BCUT2D eigenvalue weighted by Gasteiger charge is 2.79.